The Hall–Kier alpha value is -2.97. The molecule has 0 atom stereocenters. The highest BCUT2D eigenvalue weighted by Crippen LogP contribution is 2.17. The van der Waals surface area contributed by atoms with Crippen LogP contribution >= 0.6 is 0 Å². The first-order valence-electron chi connectivity index (χ1n) is 8.28. The van der Waals surface area contributed by atoms with Crippen molar-refractivity contribution >= 4 is 15.9 Å². The van der Waals surface area contributed by atoms with Crippen molar-refractivity contribution in [2.75, 3.05) is 14.1 Å². The minimum absolute atomic E-state index is 0.0398. The van der Waals surface area contributed by atoms with Gasteiger partial charge in [-0.2, -0.15) is 5.10 Å². The summed E-state index contributed by atoms with van der Waals surface area (Å²) in [5.74, 6) is -0.256. The number of sulfonamides is 1. The molecule has 2 aromatic carbocycles. The maximum Gasteiger partial charge on any atom is 0.253 e. The van der Waals surface area contributed by atoms with Crippen molar-refractivity contribution in [3.8, 4) is 11.3 Å². The average molecular weight is 384 g/mol. The Bertz CT molecular complexity index is 1040. The van der Waals surface area contributed by atoms with Gasteiger partial charge < -0.3 is 4.90 Å². The second-order valence-electron chi connectivity index (χ2n) is 6.20. The van der Waals surface area contributed by atoms with E-state index in [1.165, 1.54) is 17.0 Å². The zero-order chi connectivity index (χ0) is 19.4. The summed E-state index contributed by atoms with van der Waals surface area (Å²) in [5, 5.41) is 7.04. The first-order valence-corrected chi connectivity index (χ1v) is 9.76. The monoisotopic (exact) mass is 384 g/mol. The molecule has 0 bridgehead atoms. The molecule has 0 spiro atoms. The molecule has 0 aliphatic rings. The summed E-state index contributed by atoms with van der Waals surface area (Å²) >= 11 is 0. The molecule has 140 valence electrons. The minimum Gasteiger partial charge on any atom is -0.345 e. The van der Waals surface area contributed by atoms with Crippen LogP contribution in [0.4, 0.5) is 0 Å². The van der Waals surface area contributed by atoms with Crippen molar-refractivity contribution < 1.29 is 13.2 Å². The molecule has 0 aliphatic carbocycles. The molecule has 27 heavy (non-hydrogen) atoms. The molecule has 0 saturated heterocycles. The number of rotatable bonds is 6. The molecule has 0 unspecified atom stereocenters. The van der Waals surface area contributed by atoms with Gasteiger partial charge in [-0.3, -0.25) is 9.89 Å². The molecule has 0 fully saturated rings. The van der Waals surface area contributed by atoms with Crippen LogP contribution in [0, 0.1) is 0 Å². The molecule has 1 amide bonds. The fourth-order valence-electron chi connectivity index (χ4n) is 2.52. The predicted octanol–water partition coefficient (Wildman–Crippen LogP) is 2.26. The van der Waals surface area contributed by atoms with E-state index in [4.69, 9.17) is 0 Å². The van der Waals surface area contributed by atoms with E-state index in [0.29, 0.717) is 11.3 Å². The standard InChI is InChI=1S/C19H20N4O3S/c1-23(2)19(24)15-9-6-10-17(11-15)27(25,26)20-13-16-12-18(22-21-16)14-7-4-3-5-8-14/h3-12,20H,13H2,1-2H3,(H,21,22). The summed E-state index contributed by atoms with van der Waals surface area (Å²) < 4.78 is 27.6. The van der Waals surface area contributed by atoms with Gasteiger partial charge in [0.25, 0.3) is 5.91 Å². The summed E-state index contributed by atoms with van der Waals surface area (Å²) in [6.07, 6.45) is 0. The van der Waals surface area contributed by atoms with Crippen molar-refractivity contribution in [1.29, 1.82) is 0 Å². The van der Waals surface area contributed by atoms with Gasteiger partial charge in [0.05, 0.1) is 22.8 Å². The zero-order valence-electron chi connectivity index (χ0n) is 15.0. The number of aromatic nitrogens is 2. The number of carbonyl (C=O) groups is 1. The molecule has 0 saturated carbocycles. The molecule has 0 aliphatic heterocycles. The van der Waals surface area contributed by atoms with Gasteiger partial charge in [0.1, 0.15) is 0 Å². The normalized spacial score (nSPS) is 11.3. The lowest BCUT2D eigenvalue weighted by Gasteiger charge is -2.11. The average Bonchev–Trinajstić information content (AvgIpc) is 3.16. The highest BCUT2D eigenvalue weighted by molar-refractivity contribution is 7.89. The number of benzene rings is 2. The summed E-state index contributed by atoms with van der Waals surface area (Å²) in [6.45, 7) is 0.0635. The second kappa shape index (κ2) is 7.73. The lowest BCUT2D eigenvalue weighted by molar-refractivity contribution is 0.0827. The van der Waals surface area contributed by atoms with Crippen LogP contribution in [0.1, 0.15) is 16.1 Å². The molecule has 7 nitrogen and oxygen atoms in total. The fraction of sp³-hybridized carbons (Fsp3) is 0.158. The topological polar surface area (TPSA) is 95.2 Å². The van der Waals surface area contributed by atoms with E-state index in [9.17, 15) is 13.2 Å². The largest absolute Gasteiger partial charge is 0.345 e. The third kappa shape index (κ3) is 4.42. The van der Waals surface area contributed by atoms with E-state index in [1.54, 1.807) is 32.3 Å². The first-order chi connectivity index (χ1) is 12.9. The van der Waals surface area contributed by atoms with Crippen molar-refractivity contribution in [1.82, 2.24) is 19.8 Å². The molecule has 1 heterocycles. The van der Waals surface area contributed by atoms with Crippen LogP contribution in [0.25, 0.3) is 11.3 Å². The van der Waals surface area contributed by atoms with Crippen molar-refractivity contribution in [3.63, 3.8) is 0 Å². The fourth-order valence-corrected chi connectivity index (χ4v) is 3.57. The third-order valence-electron chi connectivity index (χ3n) is 3.95. The number of nitrogens with zero attached hydrogens (tertiary/aromatic N) is 2. The van der Waals surface area contributed by atoms with E-state index >= 15 is 0 Å². The molecular weight excluding hydrogens is 364 g/mol. The van der Waals surface area contributed by atoms with Gasteiger partial charge in [0.15, 0.2) is 0 Å². The van der Waals surface area contributed by atoms with Gasteiger partial charge in [-0.25, -0.2) is 13.1 Å². The number of amides is 1. The Balaban J connectivity index is 1.73. The molecule has 0 radical (unpaired) electrons. The quantitative estimate of drug-likeness (QED) is 0.681. The Labute approximate surface area is 158 Å². The van der Waals surface area contributed by atoms with Gasteiger partial charge in [-0.1, -0.05) is 36.4 Å². The highest BCUT2D eigenvalue weighted by Gasteiger charge is 2.17. The van der Waals surface area contributed by atoms with E-state index in [0.717, 1.165) is 11.3 Å². The number of aromatic amines is 1. The van der Waals surface area contributed by atoms with Crippen molar-refractivity contribution in [2.24, 2.45) is 0 Å². The summed E-state index contributed by atoms with van der Waals surface area (Å²) in [4.78, 5) is 13.5. The predicted molar refractivity (Wildman–Crippen MR) is 103 cm³/mol. The van der Waals surface area contributed by atoms with Crippen LogP contribution in [-0.2, 0) is 16.6 Å². The maximum absolute atomic E-state index is 12.6. The summed E-state index contributed by atoms with van der Waals surface area (Å²) in [7, 11) is -0.533. The number of nitrogens with one attached hydrogen (secondary N) is 2. The highest BCUT2D eigenvalue weighted by atomic mass is 32.2. The van der Waals surface area contributed by atoms with Crippen LogP contribution in [0.15, 0.2) is 65.6 Å². The number of H-pyrrole nitrogens is 1. The Kier molecular flexibility index (Phi) is 5.38. The van der Waals surface area contributed by atoms with E-state index in [2.05, 4.69) is 14.9 Å². The maximum atomic E-state index is 12.6. The van der Waals surface area contributed by atoms with Crippen LogP contribution in [0.2, 0.25) is 0 Å². The molecule has 3 rings (SSSR count). The van der Waals surface area contributed by atoms with Crippen LogP contribution in [-0.4, -0.2) is 43.5 Å². The Morgan fingerprint density at radius 3 is 2.52 bits per heavy atom. The molecule has 8 heteroatoms. The molecule has 1 aromatic heterocycles. The van der Waals surface area contributed by atoms with Gasteiger partial charge in [-0.05, 0) is 24.3 Å². The third-order valence-corrected chi connectivity index (χ3v) is 5.35. The van der Waals surface area contributed by atoms with Gasteiger partial charge >= 0.3 is 0 Å². The second-order valence-corrected chi connectivity index (χ2v) is 7.96. The van der Waals surface area contributed by atoms with E-state index in [1.807, 2.05) is 30.3 Å². The van der Waals surface area contributed by atoms with Gasteiger partial charge in [0, 0.05) is 25.2 Å². The zero-order valence-corrected chi connectivity index (χ0v) is 15.8. The summed E-state index contributed by atoms with van der Waals surface area (Å²) in [6, 6.07) is 17.4. The molecule has 2 N–H and O–H groups in total. The number of hydrogen-bond acceptors (Lipinski definition) is 4. The smallest absolute Gasteiger partial charge is 0.253 e. The Morgan fingerprint density at radius 2 is 1.81 bits per heavy atom. The Morgan fingerprint density at radius 1 is 1.07 bits per heavy atom. The minimum atomic E-state index is -3.76. The van der Waals surface area contributed by atoms with Crippen LogP contribution in [0.3, 0.4) is 0 Å². The lowest BCUT2D eigenvalue weighted by atomic mass is 10.1. The van der Waals surface area contributed by atoms with Gasteiger partial charge in [0.2, 0.25) is 10.0 Å². The van der Waals surface area contributed by atoms with Crippen molar-refractivity contribution in [2.45, 2.75) is 11.4 Å². The van der Waals surface area contributed by atoms with Gasteiger partial charge in [-0.15, -0.1) is 0 Å². The molecular formula is C19H20N4O3S. The summed E-state index contributed by atoms with van der Waals surface area (Å²) in [5.41, 5.74) is 2.63. The van der Waals surface area contributed by atoms with E-state index in [-0.39, 0.29) is 17.3 Å². The number of hydrogen-bond donors (Lipinski definition) is 2. The molecule has 3 aromatic rings. The van der Waals surface area contributed by atoms with Crippen molar-refractivity contribution in [3.05, 3.63) is 71.9 Å². The SMILES string of the molecule is CN(C)C(=O)c1cccc(S(=O)(=O)NCc2cc(-c3ccccc3)n[nH]2)c1. The van der Waals surface area contributed by atoms with Crippen LogP contribution < -0.4 is 4.72 Å². The van der Waals surface area contributed by atoms with Crippen LogP contribution in [0.5, 0.6) is 0 Å². The first kappa shape index (κ1) is 18.8. The number of carbonyl (C=O) groups excluding carboxylic acids is 1. The lowest BCUT2D eigenvalue weighted by Crippen LogP contribution is -2.25. The van der Waals surface area contributed by atoms with E-state index < -0.39 is 10.0 Å².